The Labute approximate surface area is 197 Å². The molecule has 2 heterocycles. The number of hydrogen-bond acceptors (Lipinski definition) is 6. The van der Waals surface area contributed by atoms with Crippen molar-refractivity contribution in [1.82, 2.24) is 5.01 Å². The van der Waals surface area contributed by atoms with Crippen LogP contribution < -0.4 is 0 Å². The molecule has 2 aliphatic rings. The second kappa shape index (κ2) is 16.9. The molecular formula is C26H50N2O4. The van der Waals surface area contributed by atoms with Crippen molar-refractivity contribution < 1.29 is 18.9 Å². The molecular weight excluding hydrogens is 404 g/mol. The van der Waals surface area contributed by atoms with Crippen LogP contribution in [0.2, 0.25) is 0 Å². The van der Waals surface area contributed by atoms with Crippen LogP contribution in [-0.4, -0.2) is 62.8 Å². The molecule has 0 N–H and O–H groups in total. The third-order valence-electron chi connectivity index (χ3n) is 6.29. The van der Waals surface area contributed by atoms with Crippen molar-refractivity contribution in [2.75, 3.05) is 27.3 Å². The fourth-order valence-electron chi connectivity index (χ4n) is 4.53. The minimum absolute atomic E-state index is 0.00172. The first-order chi connectivity index (χ1) is 15.6. The van der Waals surface area contributed by atoms with Crippen LogP contribution in [-0.2, 0) is 18.9 Å². The number of rotatable bonds is 16. The summed E-state index contributed by atoms with van der Waals surface area (Å²) in [5.41, 5.74) is 1.29. The molecule has 2 rings (SSSR count). The van der Waals surface area contributed by atoms with E-state index in [4.69, 9.17) is 24.0 Å². The van der Waals surface area contributed by atoms with Crippen molar-refractivity contribution in [2.45, 2.75) is 135 Å². The monoisotopic (exact) mass is 454 g/mol. The fraction of sp³-hybridized carbons (Fsp3) is 0.962. The standard InChI is InChI=1S/C26H50N2O4/c1-5-6-16-24(32-26-19-8-10-21-30-26)17-12-15-23(27-28(3)4)14-11-13-22(2)31-25-18-7-9-20-29-25/h22,24-26H,5-21H2,1-4H3/b27-23+/t22-,24-,25?,26?/m0/s1. The normalized spacial score (nSPS) is 24.3. The third kappa shape index (κ3) is 12.5. The van der Waals surface area contributed by atoms with Crippen molar-refractivity contribution in [3.05, 3.63) is 0 Å². The molecule has 2 unspecified atom stereocenters. The van der Waals surface area contributed by atoms with E-state index in [0.717, 1.165) is 77.4 Å². The highest BCUT2D eigenvalue weighted by Crippen LogP contribution is 2.22. The Bertz CT molecular complexity index is 488. The van der Waals surface area contributed by atoms with Gasteiger partial charge in [0.1, 0.15) is 0 Å². The first kappa shape index (κ1) is 27.6. The van der Waals surface area contributed by atoms with E-state index >= 15 is 0 Å². The molecule has 0 aromatic carbocycles. The molecule has 0 saturated carbocycles. The van der Waals surface area contributed by atoms with Crippen LogP contribution in [0.5, 0.6) is 0 Å². The van der Waals surface area contributed by atoms with Gasteiger partial charge in [0.2, 0.25) is 0 Å². The Hall–Kier alpha value is -0.690. The summed E-state index contributed by atoms with van der Waals surface area (Å²) in [5, 5.41) is 6.72. The van der Waals surface area contributed by atoms with Crippen LogP contribution in [0.15, 0.2) is 5.10 Å². The van der Waals surface area contributed by atoms with Gasteiger partial charge >= 0.3 is 0 Å². The van der Waals surface area contributed by atoms with Crippen molar-refractivity contribution in [1.29, 1.82) is 0 Å². The van der Waals surface area contributed by atoms with Crippen LogP contribution >= 0.6 is 0 Å². The summed E-state index contributed by atoms with van der Waals surface area (Å²) in [6, 6.07) is 0. The van der Waals surface area contributed by atoms with Gasteiger partial charge in [0, 0.05) is 33.0 Å². The summed E-state index contributed by atoms with van der Waals surface area (Å²) in [5.74, 6) is 0. The number of nitrogens with zero attached hydrogens (tertiary/aromatic N) is 2. The summed E-state index contributed by atoms with van der Waals surface area (Å²) in [7, 11) is 4.03. The number of hydrogen-bond donors (Lipinski definition) is 0. The quantitative estimate of drug-likeness (QED) is 0.203. The summed E-state index contributed by atoms with van der Waals surface area (Å²) in [6.07, 6.45) is 17.4. The molecule has 0 bridgehead atoms. The highest BCUT2D eigenvalue weighted by Gasteiger charge is 2.20. The van der Waals surface area contributed by atoms with Crippen LogP contribution in [0.4, 0.5) is 0 Å². The molecule has 6 heteroatoms. The van der Waals surface area contributed by atoms with Gasteiger partial charge in [0.05, 0.1) is 12.2 Å². The smallest absolute Gasteiger partial charge is 0.157 e. The molecule has 0 radical (unpaired) electrons. The van der Waals surface area contributed by atoms with E-state index < -0.39 is 0 Å². The van der Waals surface area contributed by atoms with Gasteiger partial charge in [-0.15, -0.1) is 0 Å². The second-order valence-electron chi connectivity index (χ2n) is 9.74. The average molecular weight is 455 g/mol. The molecule has 2 saturated heterocycles. The van der Waals surface area contributed by atoms with Crippen molar-refractivity contribution >= 4 is 5.71 Å². The van der Waals surface area contributed by atoms with Crippen molar-refractivity contribution in [2.24, 2.45) is 5.10 Å². The van der Waals surface area contributed by atoms with Gasteiger partial charge in [0.15, 0.2) is 12.6 Å². The van der Waals surface area contributed by atoms with Gasteiger partial charge in [-0.05, 0) is 90.4 Å². The Morgan fingerprint density at radius 2 is 1.47 bits per heavy atom. The molecule has 0 spiro atoms. The minimum Gasteiger partial charge on any atom is -0.353 e. The Balaban J connectivity index is 1.71. The molecule has 4 atom stereocenters. The van der Waals surface area contributed by atoms with Gasteiger partial charge < -0.3 is 24.0 Å². The van der Waals surface area contributed by atoms with Gasteiger partial charge in [-0.1, -0.05) is 19.8 Å². The van der Waals surface area contributed by atoms with Crippen molar-refractivity contribution in [3.63, 3.8) is 0 Å². The summed E-state index contributed by atoms with van der Waals surface area (Å²) in [4.78, 5) is 0. The molecule has 0 amide bonds. The number of hydrazone groups is 1. The van der Waals surface area contributed by atoms with Crippen LogP contribution in [0, 0.1) is 0 Å². The lowest BCUT2D eigenvalue weighted by Crippen LogP contribution is -2.28. The van der Waals surface area contributed by atoms with E-state index in [-0.39, 0.29) is 18.7 Å². The second-order valence-corrected chi connectivity index (χ2v) is 9.74. The molecule has 0 aromatic heterocycles. The van der Waals surface area contributed by atoms with Gasteiger partial charge in [0.25, 0.3) is 0 Å². The van der Waals surface area contributed by atoms with Crippen LogP contribution in [0.1, 0.15) is 110 Å². The number of ether oxygens (including phenoxy) is 4. The van der Waals surface area contributed by atoms with E-state index in [9.17, 15) is 0 Å². The predicted molar refractivity (Wildman–Crippen MR) is 131 cm³/mol. The van der Waals surface area contributed by atoms with E-state index in [1.165, 1.54) is 37.8 Å². The van der Waals surface area contributed by atoms with Gasteiger partial charge in [-0.3, -0.25) is 0 Å². The molecule has 0 aromatic rings. The highest BCUT2D eigenvalue weighted by atomic mass is 16.7. The van der Waals surface area contributed by atoms with Crippen LogP contribution in [0.25, 0.3) is 0 Å². The fourth-order valence-corrected chi connectivity index (χ4v) is 4.53. The minimum atomic E-state index is 0.00172. The first-order valence-electron chi connectivity index (χ1n) is 13.3. The summed E-state index contributed by atoms with van der Waals surface area (Å²) < 4.78 is 24.0. The maximum absolute atomic E-state index is 6.34. The van der Waals surface area contributed by atoms with Crippen molar-refractivity contribution in [3.8, 4) is 0 Å². The lowest BCUT2D eigenvalue weighted by molar-refractivity contribution is -0.190. The maximum atomic E-state index is 6.34. The zero-order valence-electron chi connectivity index (χ0n) is 21.4. The summed E-state index contributed by atoms with van der Waals surface area (Å²) in [6.45, 7) is 6.11. The zero-order chi connectivity index (χ0) is 23.0. The highest BCUT2D eigenvalue weighted by molar-refractivity contribution is 5.84. The largest absolute Gasteiger partial charge is 0.353 e. The van der Waals surface area contributed by atoms with E-state index in [1.54, 1.807) is 0 Å². The number of unbranched alkanes of at least 4 members (excludes halogenated alkanes) is 1. The Kier molecular flexibility index (Phi) is 14.5. The van der Waals surface area contributed by atoms with E-state index in [1.807, 2.05) is 19.1 Å². The third-order valence-corrected chi connectivity index (χ3v) is 6.29. The zero-order valence-corrected chi connectivity index (χ0v) is 21.4. The van der Waals surface area contributed by atoms with E-state index in [2.05, 4.69) is 13.8 Å². The topological polar surface area (TPSA) is 52.5 Å². The average Bonchev–Trinajstić information content (AvgIpc) is 2.78. The molecule has 32 heavy (non-hydrogen) atoms. The van der Waals surface area contributed by atoms with Crippen LogP contribution in [0.3, 0.4) is 0 Å². The van der Waals surface area contributed by atoms with E-state index in [0.29, 0.717) is 6.10 Å². The SMILES string of the molecule is CCCC[C@@H](CCC/C(CCC[C@H](C)OC1CCCCO1)=N/N(C)C)OC1CCCCO1. The summed E-state index contributed by atoms with van der Waals surface area (Å²) >= 11 is 0. The lowest BCUT2D eigenvalue weighted by atomic mass is 10.0. The van der Waals surface area contributed by atoms with Gasteiger partial charge in [-0.2, -0.15) is 5.10 Å². The molecule has 0 aliphatic carbocycles. The molecule has 188 valence electrons. The predicted octanol–water partition coefficient (Wildman–Crippen LogP) is 6.28. The molecule has 6 nitrogen and oxygen atoms in total. The Morgan fingerprint density at radius 1 is 0.875 bits per heavy atom. The Morgan fingerprint density at radius 3 is 2.03 bits per heavy atom. The first-order valence-corrected chi connectivity index (χ1v) is 13.3. The lowest BCUT2D eigenvalue weighted by Gasteiger charge is -2.28. The van der Waals surface area contributed by atoms with Gasteiger partial charge in [-0.25, -0.2) is 0 Å². The maximum Gasteiger partial charge on any atom is 0.157 e. The molecule has 2 aliphatic heterocycles. The molecule has 2 fully saturated rings.